The summed E-state index contributed by atoms with van der Waals surface area (Å²) in [5.74, 6) is 0. The minimum Gasteiger partial charge on any atom is -0.312 e. The molecule has 20 heavy (non-hydrogen) atoms. The lowest BCUT2D eigenvalue weighted by atomic mass is 10.0. The van der Waals surface area contributed by atoms with Crippen molar-refractivity contribution in [3.05, 3.63) is 60.8 Å². The fraction of sp³-hybridized carbons (Fsp3) is 0.286. The van der Waals surface area contributed by atoms with E-state index in [1.165, 1.54) is 16.5 Å². The number of nitrogens with one attached hydrogen (secondary N) is 1. The molecular weight excluding hydrogens is 296 g/mol. The lowest BCUT2D eigenvalue weighted by Crippen LogP contribution is -2.19. The average Bonchev–Trinajstić information content (AvgIpc) is 2.83. The Morgan fingerprint density at radius 1 is 1.45 bits per heavy atom. The Balaban J connectivity index is 2.33. The van der Waals surface area contributed by atoms with Crippen molar-refractivity contribution >= 4 is 28.6 Å². The van der Waals surface area contributed by atoms with Gasteiger partial charge in [-0.1, -0.05) is 17.7 Å². The van der Waals surface area contributed by atoms with Gasteiger partial charge in [-0.25, -0.2) is 0 Å². The molecule has 0 saturated heterocycles. The van der Waals surface area contributed by atoms with Crippen molar-refractivity contribution in [3.63, 3.8) is 0 Å². The van der Waals surface area contributed by atoms with Gasteiger partial charge in [0.2, 0.25) is 0 Å². The maximum absolute atomic E-state index is 11.1. The number of hydrogen-bond acceptors (Lipinski definition) is 4. The molecule has 0 aliphatic carbocycles. The zero-order valence-corrected chi connectivity index (χ0v) is 12.8. The fourth-order valence-corrected chi connectivity index (χ4v) is 3.37. The molecule has 1 N–H and O–H groups in total. The van der Waals surface area contributed by atoms with Gasteiger partial charge in [0.25, 0.3) is 5.69 Å². The van der Waals surface area contributed by atoms with Crippen LogP contribution < -0.4 is 5.32 Å². The SMILES string of the molecule is CNC(Cc1ccc(Cl)cc1[N+](=O)[O-])c1sccc1C. The lowest BCUT2D eigenvalue weighted by Gasteiger charge is -2.16. The van der Waals surface area contributed by atoms with Gasteiger partial charge in [0.15, 0.2) is 0 Å². The normalized spacial score (nSPS) is 12.3. The van der Waals surface area contributed by atoms with Crippen LogP contribution in [0.2, 0.25) is 5.02 Å². The van der Waals surface area contributed by atoms with Gasteiger partial charge in [-0.05, 0) is 43.5 Å². The van der Waals surface area contributed by atoms with Gasteiger partial charge in [-0.3, -0.25) is 10.1 Å². The summed E-state index contributed by atoms with van der Waals surface area (Å²) in [6, 6.07) is 6.95. The highest BCUT2D eigenvalue weighted by Crippen LogP contribution is 2.31. The van der Waals surface area contributed by atoms with Crippen molar-refractivity contribution in [2.24, 2.45) is 0 Å². The first kappa shape index (κ1) is 15.0. The van der Waals surface area contributed by atoms with Crippen molar-refractivity contribution in [2.75, 3.05) is 7.05 Å². The number of aryl methyl sites for hydroxylation is 1. The molecule has 0 radical (unpaired) electrons. The van der Waals surface area contributed by atoms with Crippen molar-refractivity contribution in [3.8, 4) is 0 Å². The van der Waals surface area contributed by atoms with E-state index in [4.69, 9.17) is 11.6 Å². The Kier molecular flexibility index (Phi) is 4.75. The molecule has 0 bridgehead atoms. The zero-order valence-electron chi connectivity index (χ0n) is 11.2. The molecule has 0 aliphatic heterocycles. The van der Waals surface area contributed by atoms with Gasteiger partial charge >= 0.3 is 0 Å². The maximum atomic E-state index is 11.1. The van der Waals surface area contributed by atoms with Crippen LogP contribution in [0.25, 0.3) is 0 Å². The topological polar surface area (TPSA) is 55.2 Å². The van der Waals surface area contributed by atoms with E-state index in [1.807, 2.05) is 19.4 Å². The van der Waals surface area contributed by atoms with E-state index in [2.05, 4.69) is 11.4 Å². The second kappa shape index (κ2) is 6.35. The van der Waals surface area contributed by atoms with Crippen molar-refractivity contribution in [2.45, 2.75) is 19.4 Å². The molecule has 0 amide bonds. The number of nitro benzene ring substituents is 1. The Morgan fingerprint density at radius 3 is 2.75 bits per heavy atom. The molecule has 1 atom stereocenters. The summed E-state index contributed by atoms with van der Waals surface area (Å²) in [6.45, 7) is 2.05. The first-order chi connectivity index (χ1) is 9.52. The Hall–Kier alpha value is -1.43. The van der Waals surface area contributed by atoms with Crippen LogP contribution in [-0.4, -0.2) is 12.0 Å². The molecule has 1 heterocycles. The summed E-state index contributed by atoms with van der Waals surface area (Å²) in [5.41, 5.74) is 1.96. The maximum Gasteiger partial charge on any atom is 0.274 e. The number of likely N-dealkylation sites (N-methyl/N-ethyl adjacent to an activating group) is 1. The molecular formula is C14H15ClN2O2S. The molecule has 0 aliphatic rings. The Labute approximate surface area is 126 Å². The number of benzene rings is 1. The summed E-state index contributed by atoms with van der Waals surface area (Å²) >= 11 is 7.50. The van der Waals surface area contributed by atoms with E-state index in [0.717, 1.165) is 0 Å². The highest BCUT2D eigenvalue weighted by atomic mass is 35.5. The van der Waals surface area contributed by atoms with Crippen LogP contribution in [0.1, 0.15) is 22.0 Å². The van der Waals surface area contributed by atoms with Crippen molar-refractivity contribution in [1.82, 2.24) is 5.32 Å². The summed E-state index contributed by atoms with van der Waals surface area (Å²) in [6.07, 6.45) is 0.561. The molecule has 1 aromatic carbocycles. The van der Waals surface area contributed by atoms with E-state index in [1.54, 1.807) is 23.5 Å². The summed E-state index contributed by atoms with van der Waals surface area (Å²) in [7, 11) is 1.87. The molecule has 0 saturated carbocycles. The van der Waals surface area contributed by atoms with Gasteiger partial charge in [0.1, 0.15) is 0 Å². The first-order valence-corrected chi connectivity index (χ1v) is 7.42. The van der Waals surface area contributed by atoms with Crippen LogP contribution in [0.5, 0.6) is 0 Å². The standard InChI is InChI=1S/C14H15ClN2O2S/c1-9-5-6-20-14(9)12(16-2)7-10-3-4-11(15)8-13(10)17(18)19/h3-6,8,12,16H,7H2,1-2H3. The number of halogens is 1. The highest BCUT2D eigenvalue weighted by molar-refractivity contribution is 7.10. The molecule has 1 unspecified atom stereocenters. The number of thiophene rings is 1. The van der Waals surface area contributed by atoms with Crippen molar-refractivity contribution in [1.29, 1.82) is 0 Å². The third-order valence-electron chi connectivity index (χ3n) is 3.23. The van der Waals surface area contributed by atoms with E-state index in [9.17, 15) is 10.1 Å². The van der Waals surface area contributed by atoms with Gasteiger partial charge in [0.05, 0.1) is 4.92 Å². The molecule has 2 aromatic rings. The minimum absolute atomic E-state index is 0.0647. The molecule has 106 valence electrons. The molecule has 0 spiro atoms. The third kappa shape index (κ3) is 3.17. The monoisotopic (exact) mass is 310 g/mol. The fourth-order valence-electron chi connectivity index (χ4n) is 2.17. The predicted octanol–water partition coefficient (Wildman–Crippen LogP) is 4.12. The van der Waals surface area contributed by atoms with E-state index < -0.39 is 0 Å². The molecule has 4 nitrogen and oxygen atoms in total. The Bertz CT molecular complexity index is 627. The molecule has 1 aromatic heterocycles. The van der Waals surface area contributed by atoms with E-state index >= 15 is 0 Å². The van der Waals surface area contributed by atoms with Crippen LogP contribution in [-0.2, 0) is 6.42 Å². The van der Waals surface area contributed by atoms with Crippen LogP contribution in [0.15, 0.2) is 29.6 Å². The predicted molar refractivity (Wildman–Crippen MR) is 82.7 cm³/mol. The van der Waals surface area contributed by atoms with Gasteiger partial charge in [-0.2, -0.15) is 0 Å². The van der Waals surface area contributed by atoms with Crippen LogP contribution in [0.4, 0.5) is 5.69 Å². The van der Waals surface area contributed by atoms with Gasteiger partial charge in [-0.15, -0.1) is 11.3 Å². The second-order valence-electron chi connectivity index (χ2n) is 4.54. The van der Waals surface area contributed by atoms with Crippen LogP contribution in [0.3, 0.4) is 0 Å². The summed E-state index contributed by atoms with van der Waals surface area (Å²) < 4.78 is 0. The van der Waals surface area contributed by atoms with Crippen LogP contribution in [0, 0.1) is 17.0 Å². The van der Waals surface area contributed by atoms with E-state index in [-0.39, 0.29) is 16.7 Å². The average molecular weight is 311 g/mol. The van der Waals surface area contributed by atoms with E-state index in [0.29, 0.717) is 17.0 Å². The lowest BCUT2D eigenvalue weighted by molar-refractivity contribution is -0.385. The zero-order chi connectivity index (χ0) is 14.7. The van der Waals surface area contributed by atoms with Gasteiger partial charge in [0, 0.05) is 27.6 Å². The Morgan fingerprint density at radius 2 is 2.20 bits per heavy atom. The molecule has 0 fully saturated rings. The summed E-state index contributed by atoms with van der Waals surface area (Å²) in [4.78, 5) is 12.0. The minimum atomic E-state index is -0.380. The number of hydrogen-bond donors (Lipinski definition) is 1. The smallest absolute Gasteiger partial charge is 0.274 e. The quantitative estimate of drug-likeness (QED) is 0.667. The van der Waals surface area contributed by atoms with Gasteiger partial charge < -0.3 is 5.32 Å². The molecule has 6 heteroatoms. The van der Waals surface area contributed by atoms with Crippen molar-refractivity contribution < 1.29 is 4.92 Å². The first-order valence-electron chi connectivity index (χ1n) is 6.17. The number of nitrogens with zero attached hydrogens (tertiary/aromatic N) is 1. The van der Waals surface area contributed by atoms with Crippen LogP contribution >= 0.6 is 22.9 Å². The largest absolute Gasteiger partial charge is 0.312 e. The third-order valence-corrected chi connectivity index (χ3v) is 4.60. The molecule has 2 rings (SSSR count). The number of nitro groups is 1. The number of rotatable bonds is 5. The second-order valence-corrected chi connectivity index (χ2v) is 5.93. The highest BCUT2D eigenvalue weighted by Gasteiger charge is 2.20. The summed E-state index contributed by atoms with van der Waals surface area (Å²) in [5, 5.41) is 16.8.